The van der Waals surface area contributed by atoms with Crippen LogP contribution in [0.1, 0.15) is 328 Å². The van der Waals surface area contributed by atoms with Crippen LogP contribution in [0.3, 0.4) is 0 Å². The lowest BCUT2D eigenvalue weighted by atomic mass is 10.00. The van der Waals surface area contributed by atoms with Crippen LogP contribution >= 0.6 is 0 Å². The summed E-state index contributed by atoms with van der Waals surface area (Å²) in [5, 5.41) is 44.0. The van der Waals surface area contributed by atoms with Crippen molar-refractivity contribution in [1.82, 2.24) is 5.32 Å². The zero-order chi connectivity index (χ0) is 50.2. The minimum atomic E-state index is -1.29. The number of carbonyl (C=O) groups excluding carboxylic acids is 1. The molecule has 408 valence electrons. The predicted octanol–water partition coefficient (Wildman–Crippen LogP) is 18.4. The third-order valence-corrected chi connectivity index (χ3v) is 14.6. The number of hydrogen-bond donors (Lipinski definition) is 5. The van der Waals surface area contributed by atoms with Gasteiger partial charge in [0.1, 0.15) is 12.2 Å². The van der Waals surface area contributed by atoms with Crippen molar-refractivity contribution in [1.29, 1.82) is 0 Å². The van der Waals surface area contributed by atoms with Crippen molar-refractivity contribution in [2.45, 2.75) is 353 Å². The maximum atomic E-state index is 12.6. The van der Waals surface area contributed by atoms with Gasteiger partial charge in [0.25, 0.3) is 0 Å². The van der Waals surface area contributed by atoms with Crippen LogP contribution in [-0.4, -0.2) is 57.3 Å². The van der Waals surface area contributed by atoms with E-state index in [9.17, 15) is 25.2 Å². The highest BCUT2D eigenvalue weighted by Gasteiger charge is 2.28. The van der Waals surface area contributed by atoms with Crippen LogP contribution in [0.15, 0.2) is 36.5 Å². The highest BCUT2D eigenvalue weighted by Crippen LogP contribution is 2.18. The SMILES string of the molecule is CCCCCCCCCCCCCC/C=C\CCCCCCCCCCCCC(O)C(=O)NC(CO)C(O)C(O)CCC/C=C/CC/C=C/CCCCCCCCCCCCCCCCCCCC. The molecular formula is C63H121NO5. The highest BCUT2D eigenvalue weighted by molar-refractivity contribution is 5.80. The number of rotatable bonds is 57. The first-order chi connectivity index (χ1) is 34.0. The summed E-state index contributed by atoms with van der Waals surface area (Å²) in [6.07, 6.45) is 72.4. The molecule has 0 radical (unpaired) electrons. The van der Waals surface area contributed by atoms with Gasteiger partial charge in [-0.3, -0.25) is 4.79 Å². The van der Waals surface area contributed by atoms with Crippen LogP contribution in [0.2, 0.25) is 0 Å². The predicted molar refractivity (Wildman–Crippen MR) is 302 cm³/mol. The molecule has 0 spiro atoms. The Labute approximate surface area is 430 Å². The van der Waals surface area contributed by atoms with Crippen molar-refractivity contribution >= 4 is 5.91 Å². The molecule has 0 heterocycles. The molecule has 0 bridgehead atoms. The lowest BCUT2D eigenvalue weighted by molar-refractivity contribution is -0.132. The Morgan fingerprint density at radius 1 is 0.348 bits per heavy atom. The number of unbranched alkanes of at least 4 members (excludes halogenated alkanes) is 42. The second kappa shape index (κ2) is 57.4. The summed E-state index contributed by atoms with van der Waals surface area (Å²) < 4.78 is 0. The van der Waals surface area contributed by atoms with Crippen molar-refractivity contribution in [2.75, 3.05) is 6.61 Å². The van der Waals surface area contributed by atoms with Gasteiger partial charge in [0.2, 0.25) is 5.91 Å². The van der Waals surface area contributed by atoms with Crippen molar-refractivity contribution in [3.8, 4) is 0 Å². The van der Waals surface area contributed by atoms with Crippen LogP contribution in [0.5, 0.6) is 0 Å². The Kier molecular flexibility index (Phi) is 56.2. The fourth-order valence-electron chi connectivity index (χ4n) is 9.71. The average Bonchev–Trinajstić information content (AvgIpc) is 3.35. The first kappa shape index (κ1) is 67.5. The second-order valence-corrected chi connectivity index (χ2v) is 21.4. The van der Waals surface area contributed by atoms with Crippen molar-refractivity contribution < 1.29 is 25.2 Å². The Morgan fingerprint density at radius 2 is 0.609 bits per heavy atom. The summed E-state index contributed by atoms with van der Waals surface area (Å²) >= 11 is 0. The molecule has 1 amide bonds. The quantitative estimate of drug-likeness (QED) is 0.0308. The number of aliphatic hydroxyl groups is 4. The molecule has 4 unspecified atom stereocenters. The second-order valence-electron chi connectivity index (χ2n) is 21.4. The van der Waals surface area contributed by atoms with Gasteiger partial charge in [-0.2, -0.15) is 0 Å². The minimum Gasteiger partial charge on any atom is -0.394 e. The number of allylic oxidation sites excluding steroid dienone is 6. The molecule has 0 aliphatic heterocycles. The van der Waals surface area contributed by atoms with Gasteiger partial charge in [-0.05, 0) is 77.0 Å². The van der Waals surface area contributed by atoms with E-state index >= 15 is 0 Å². The standard InChI is InChI=1S/C63H121NO5/c1-3-5-7-9-11-13-15-17-19-21-23-25-27-29-31-33-34-36-38-40-42-44-46-48-50-52-54-56-60(66)62(68)59(58-65)64-63(69)61(67)57-55-53-51-49-47-45-43-41-39-37-35-32-30-28-26-24-22-20-18-16-14-12-10-8-6-4-2/h30,32,40,42,48,50,59-62,65-68H,3-29,31,33-39,41,43-47,49,51-58H2,1-2H3,(H,64,69)/b32-30-,42-40+,50-48+. The van der Waals surface area contributed by atoms with E-state index in [1.54, 1.807) is 0 Å². The molecule has 5 N–H and O–H groups in total. The Hall–Kier alpha value is -1.47. The molecule has 0 rings (SSSR count). The van der Waals surface area contributed by atoms with Crippen molar-refractivity contribution in [3.05, 3.63) is 36.5 Å². The van der Waals surface area contributed by atoms with Gasteiger partial charge in [-0.15, -0.1) is 0 Å². The van der Waals surface area contributed by atoms with E-state index in [-0.39, 0.29) is 0 Å². The van der Waals surface area contributed by atoms with Gasteiger partial charge >= 0.3 is 0 Å². The molecule has 0 aromatic rings. The lowest BCUT2D eigenvalue weighted by Gasteiger charge is -2.27. The van der Waals surface area contributed by atoms with Crippen molar-refractivity contribution in [2.24, 2.45) is 0 Å². The normalized spacial score (nSPS) is 13.9. The van der Waals surface area contributed by atoms with E-state index in [1.807, 2.05) is 0 Å². The molecular weight excluding hydrogens is 851 g/mol. The van der Waals surface area contributed by atoms with Crippen LogP contribution in [0, 0.1) is 0 Å². The third kappa shape index (κ3) is 51.2. The molecule has 0 aromatic heterocycles. The van der Waals surface area contributed by atoms with E-state index in [0.29, 0.717) is 19.3 Å². The van der Waals surface area contributed by atoms with Crippen molar-refractivity contribution in [3.63, 3.8) is 0 Å². The molecule has 0 aliphatic rings. The summed E-state index contributed by atoms with van der Waals surface area (Å²) in [6, 6.07) is -1.01. The minimum absolute atomic E-state index is 0.359. The lowest BCUT2D eigenvalue weighted by Crippen LogP contribution is -2.53. The fourth-order valence-corrected chi connectivity index (χ4v) is 9.71. The topological polar surface area (TPSA) is 110 Å². The molecule has 0 fully saturated rings. The number of hydrogen-bond acceptors (Lipinski definition) is 5. The van der Waals surface area contributed by atoms with Gasteiger partial charge in [0.05, 0.1) is 18.8 Å². The number of nitrogens with one attached hydrogen (secondary N) is 1. The molecule has 6 nitrogen and oxygen atoms in total. The summed E-state index contributed by atoms with van der Waals surface area (Å²) in [5.41, 5.74) is 0. The summed E-state index contributed by atoms with van der Waals surface area (Å²) in [4.78, 5) is 12.6. The molecule has 69 heavy (non-hydrogen) atoms. The molecule has 0 saturated carbocycles. The van der Waals surface area contributed by atoms with E-state index in [4.69, 9.17) is 0 Å². The zero-order valence-corrected chi connectivity index (χ0v) is 46.3. The molecule has 0 saturated heterocycles. The smallest absolute Gasteiger partial charge is 0.249 e. The molecule has 0 aromatic carbocycles. The van der Waals surface area contributed by atoms with Gasteiger partial charge in [-0.1, -0.05) is 288 Å². The third-order valence-electron chi connectivity index (χ3n) is 14.6. The Morgan fingerprint density at radius 3 is 0.913 bits per heavy atom. The summed E-state index contributed by atoms with van der Waals surface area (Å²) in [5.74, 6) is -0.595. The van der Waals surface area contributed by atoms with E-state index < -0.39 is 36.9 Å². The van der Waals surface area contributed by atoms with Gasteiger partial charge in [0, 0.05) is 0 Å². The summed E-state index contributed by atoms with van der Waals surface area (Å²) in [7, 11) is 0. The first-order valence-electron chi connectivity index (χ1n) is 30.9. The van der Waals surface area contributed by atoms with Crippen LogP contribution in [-0.2, 0) is 4.79 Å². The van der Waals surface area contributed by atoms with Crippen LogP contribution in [0.4, 0.5) is 0 Å². The maximum absolute atomic E-state index is 12.6. The molecule has 4 atom stereocenters. The van der Waals surface area contributed by atoms with E-state index in [0.717, 1.165) is 38.5 Å². The van der Waals surface area contributed by atoms with Crippen LogP contribution < -0.4 is 5.32 Å². The monoisotopic (exact) mass is 972 g/mol. The largest absolute Gasteiger partial charge is 0.394 e. The average molecular weight is 973 g/mol. The first-order valence-corrected chi connectivity index (χ1v) is 30.9. The van der Waals surface area contributed by atoms with Gasteiger partial charge < -0.3 is 25.7 Å². The molecule has 0 aliphatic carbocycles. The van der Waals surface area contributed by atoms with E-state index in [2.05, 4.69) is 55.6 Å². The van der Waals surface area contributed by atoms with E-state index in [1.165, 1.54) is 257 Å². The Balaban J connectivity index is 3.65. The van der Waals surface area contributed by atoms with Gasteiger partial charge in [-0.25, -0.2) is 0 Å². The Bertz CT molecular complexity index is 1090. The number of amides is 1. The van der Waals surface area contributed by atoms with Crippen LogP contribution in [0.25, 0.3) is 0 Å². The summed E-state index contributed by atoms with van der Waals surface area (Å²) in [6.45, 7) is 4.08. The zero-order valence-electron chi connectivity index (χ0n) is 46.3. The van der Waals surface area contributed by atoms with Gasteiger partial charge in [0.15, 0.2) is 0 Å². The fraction of sp³-hybridized carbons (Fsp3) is 0.889. The molecule has 6 heteroatoms. The highest BCUT2D eigenvalue weighted by atomic mass is 16.3. The number of aliphatic hydroxyl groups excluding tert-OH is 4. The maximum Gasteiger partial charge on any atom is 0.249 e. The number of carbonyl (C=O) groups is 1.